The lowest BCUT2D eigenvalue weighted by Gasteiger charge is -2.46. The highest BCUT2D eigenvalue weighted by Gasteiger charge is 2.40. The van der Waals surface area contributed by atoms with E-state index in [4.69, 9.17) is 9.47 Å². The van der Waals surface area contributed by atoms with Crippen molar-refractivity contribution in [1.82, 2.24) is 15.2 Å². The van der Waals surface area contributed by atoms with Crippen molar-refractivity contribution < 1.29 is 14.3 Å². The summed E-state index contributed by atoms with van der Waals surface area (Å²) in [5.74, 6) is 1.51. The summed E-state index contributed by atoms with van der Waals surface area (Å²) in [5.41, 5.74) is -0.0391. The van der Waals surface area contributed by atoms with Gasteiger partial charge >= 0.3 is 6.03 Å². The molecule has 1 aromatic rings. The van der Waals surface area contributed by atoms with Crippen LogP contribution in [0.2, 0.25) is 0 Å². The Balaban J connectivity index is 1.44. The van der Waals surface area contributed by atoms with E-state index in [1.54, 1.807) is 12.4 Å². The highest BCUT2D eigenvalue weighted by Crippen LogP contribution is 2.38. The maximum atomic E-state index is 12.0. The Labute approximate surface area is 149 Å². The van der Waals surface area contributed by atoms with Crippen molar-refractivity contribution in [3.8, 4) is 5.75 Å². The standard InChI is InChI=1S/C19H29N3O3/c1-2-21-18(23)22-11-7-19(8-12-22)15-16(6-14-25-19)5-13-24-17-3-9-20-10-4-17/h3-4,9-10,16H,2,5-8,11-15H2,1H3,(H,21,23). The van der Waals surface area contributed by atoms with Gasteiger partial charge in [-0.05, 0) is 57.1 Å². The Hall–Kier alpha value is -1.82. The topological polar surface area (TPSA) is 63.7 Å². The van der Waals surface area contributed by atoms with E-state index in [9.17, 15) is 4.79 Å². The zero-order valence-corrected chi connectivity index (χ0v) is 15.1. The third kappa shape index (κ3) is 4.84. The van der Waals surface area contributed by atoms with E-state index in [2.05, 4.69) is 10.3 Å². The smallest absolute Gasteiger partial charge is 0.317 e. The van der Waals surface area contributed by atoms with Gasteiger partial charge in [0.15, 0.2) is 0 Å². The van der Waals surface area contributed by atoms with Crippen molar-refractivity contribution in [2.45, 2.75) is 44.6 Å². The molecule has 0 aliphatic carbocycles. The Morgan fingerprint density at radius 3 is 2.88 bits per heavy atom. The predicted molar refractivity (Wildman–Crippen MR) is 95.6 cm³/mol. The molecule has 3 rings (SSSR count). The summed E-state index contributed by atoms with van der Waals surface area (Å²) in [5, 5.41) is 2.88. The molecule has 6 nitrogen and oxygen atoms in total. The number of urea groups is 1. The molecular formula is C19H29N3O3. The first-order valence-electron chi connectivity index (χ1n) is 9.40. The maximum absolute atomic E-state index is 12.0. The van der Waals surface area contributed by atoms with Crippen LogP contribution in [0.1, 0.15) is 39.0 Å². The quantitative estimate of drug-likeness (QED) is 0.890. The lowest BCUT2D eigenvalue weighted by Crippen LogP contribution is -2.52. The first kappa shape index (κ1) is 18.0. The molecule has 3 heterocycles. The highest BCUT2D eigenvalue weighted by molar-refractivity contribution is 5.74. The summed E-state index contributed by atoms with van der Waals surface area (Å²) in [6.45, 7) is 5.75. The summed E-state index contributed by atoms with van der Waals surface area (Å²) in [6, 6.07) is 3.83. The number of rotatable bonds is 5. The molecule has 2 aliphatic rings. The van der Waals surface area contributed by atoms with Crippen molar-refractivity contribution in [3.63, 3.8) is 0 Å². The van der Waals surface area contributed by atoms with Crippen molar-refractivity contribution in [3.05, 3.63) is 24.5 Å². The summed E-state index contributed by atoms with van der Waals surface area (Å²) in [4.78, 5) is 17.9. The molecule has 0 radical (unpaired) electrons. The number of amides is 2. The van der Waals surface area contributed by atoms with Gasteiger partial charge in [-0.25, -0.2) is 4.79 Å². The molecule has 2 amide bonds. The fraction of sp³-hybridized carbons (Fsp3) is 0.684. The van der Waals surface area contributed by atoms with Gasteiger partial charge < -0.3 is 19.7 Å². The minimum absolute atomic E-state index is 0.0391. The number of nitrogens with one attached hydrogen (secondary N) is 1. The Morgan fingerprint density at radius 1 is 1.40 bits per heavy atom. The molecule has 0 saturated carbocycles. The molecule has 1 spiro atoms. The number of pyridine rings is 1. The van der Waals surface area contributed by atoms with Gasteiger partial charge in [-0.2, -0.15) is 0 Å². The third-order valence-corrected chi connectivity index (χ3v) is 5.33. The molecule has 2 aliphatic heterocycles. The summed E-state index contributed by atoms with van der Waals surface area (Å²) in [6.07, 6.45) is 8.60. The van der Waals surface area contributed by atoms with Crippen LogP contribution in [0.4, 0.5) is 4.79 Å². The summed E-state index contributed by atoms with van der Waals surface area (Å²) < 4.78 is 12.0. The van der Waals surface area contributed by atoms with Crippen LogP contribution in [-0.2, 0) is 4.74 Å². The predicted octanol–water partition coefficient (Wildman–Crippen LogP) is 2.84. The number of ether oxygens (including phenoxy) is 2. The summed E-state index contributed by atoms with van der Waals surface area (Å²) in [7, 11) is 0. The highest BCUT2D eigenvalue weighted by atomic mass is 16.5. The van der Waals surface area contributed by atoms with E-state index in [0.717, 1.165) is 64.2 Å². The zero-order chi connectivity index (χ0) is 17.5. The largest absolute Gasteiger partial charge is 0.493 e. The van der Waals surface area contributed by atoms with Crippen LogP contribution in [0.15, 0.2) is 24.5 Å². The zero-order valence-electron chi connectivity index (χ0n) is 15.1. The monoisotopic (exact) mass is 347 g/mol. The number of aromatic nitrogens is 1. The van der Waals surface area contributed by atoms with Crippen LogP contribution in [0.3, 0.4) is 0 Å². The summed E-state index contributed by atoms with van der Waals surface area (Å²) >= 11 is 0. The van der Waals surface area contributed by atoms with Gasteiger partial charge in [0.25, 0.3) is 0 Å². The molecule has 25 heavy (non-hydrogen) atoms. The first-order valence-corrected chi connectivity index (χ1v) is 9.40. The average Bonchev–Trinajstić information content (AvgIpc) is 2.64. The second-order valence-electron chi connectivity index (χ2n) is 7.03. The molecule has 0 bridgehead atoms. The number of hydrogen-bond acceptors (Lipinski definition) is 4. The fourth-order valence-corrected chi connectivity index (χ4v) is 3.88. The Morgan fingerprint density at radius 2 is 2.16 bits per heavy atom. The number of piperidine rings is 1. The molecule has 2 saturated heterocycles. The van der Waals surface area contributed by atoms with Gasteiger partial charge in [-0.3, -0.25) is 4.98 Å². The molecular weight excluding hydrogens is 318 g/mol. The molecule has 138 valence electrons. The molecule has 2 fully saturated rings. The minimum Gasteiger partial charge on any atom is -0.493 e. The number of nitrogens with zero attached hydrogens (tertiary/aromatic N) is 2. The minimum atomic E-state index is -0.0391. The fourth-order valence-electron chi connectivity index (χ4n) is 3.88. The normalized spacial score (nSPS) is 22.6. The van der Waals surface area contributed by atoms with Crippen LogP contribution in [0, 0.1) is 5.92 Å². The van der Waals surface area contributed by atoms with Crippen LogP contribution < -0.4 is 10.1 Å². The van der Waals surface area contributed by atoms with E-state index in [0.29, 0.717) is 12.5 Å². The van der Waals surface area contributed by atoms with Gasteiger partial charge in [-0.1, -0.05) is 0 Å². The molecule has 6 heteroatoms. The molecule has 0 aromatic carbocycles. The third-order valence-electron chi connectivity index (χ3n) is 5.33. The first-order chi connectivity index (χ1) is 12.2. The number of hydrogen-bond donors (Lipinski definition) is 1. The van der Waals surface area contributed by atoms with Gasteiger partial charge in [-0.15, -0.1) is 0 Å². The van der Waals surface area contributed by atoms with Gasteiger partial charge in [0.2, 0.25) is 0 Å². The number of likely N-dealkylation sites (tertiary alicyclic amines) is 1. The Bertz CT molecular complexity index is 544. The van der Waals surface area contributed by atoms with E-state index in [1.165, 1.54) is 0 Å². The second kappa shape index (κ2) is 8.52. The van der Waals surface area contributed by atoms with Crippen LogP contribution in [-0.4, -0.2) is 54.4 Å². The lowest BCUT2D eigenvalue weighted by atomic mass is 9.78. The molecule has 1 N–H and O–H groups in total. The van der Waals surface area contributed by atoms with Gasteiger partial charge in [0.1, 0.15) is 5.75 Å². The average molecular weight is 347 g/mol. The van der Waals surface area contributed by atoms with E-state index >= 15 is 0 Å². The molecule has 1 atom stereocenters. The van der Waals surface area contributed by atoms with E-state index in [1.807, 2.05) is 24.0 Å². The number of carbonyl (C=O) groups is 1. The lowest BCUT2D eigenvalue weighted by molar-refractivity contribution is -0.124. The van der Waals surface area contributed by atoms with Crippen LogP contribution in [0.25, 0.3) is 0 Å². The van der Waals surface area contributed by atoms with Crippen molar-refractivity contribution in [2.75, 3.05) is 32.8 Å². The maximum Gasteiger partial charge on any atom is 0.317 e. The van der Waals surface area contributed by atoms with Crippen molar-refractivity contribution in [2.24, 2.45) is 5.92 Å². The van der Waals surface area contributed by atoms with Crippen molar-refractivity contribution in [1.29, 1.82) is 0 Å². The van der Waals surface area contributed by atoms with E-state index in [-0.39, 0.29) is 11.6 Å². The van der Waals surface area contributed by atoms with Crippen LogP contribution in [0.5, 0.6) is 5.75 Å². The molecule has 1 unspecified atom stereocenters. The van der Waals surface area contributed by atoms with Gasteiger partial charge in [0.05, 0.1) is 12.2 Å². The SMILES string of the molecule is CCNC(=O)N1CCC2(CC1)CC(CCOc1ccncc1)CCO2. The van der Waals surface area contributed by atoms with Gasteiger partial charge in [0, 0.05) is 38.6 Å². The molecule has 1 aromatic heterocycles. The van der Waals surface area contributed by atoms with Crippen LogP contribution >= 0.6 is 0 Å². The van der Waals surface area contributed by atoms with Crippen molar-refractivity contribution >= 4 is 6.03 Å². The second-order valence-corrected chi connectivity index (χ2v) is 7.03. The van der Waals surface area contributed by atoms with E-state index < -0.39 is 0 Å². The Kier molecular flexibility index (Phi) is 6.13. The number of carbonyl (C=O) groups excluding carboxylic acids is 1.